The number of hydrogen-bond acceptors (Lipinski definition) is 0. The van der Waals surface area contributed by atoms with E-state index in [1.54, 1.807) is 0 Å². The highest BCUT2D eigenvalue weighted by atomic mass is 19.1. The maximum atomic E-state index is 15.2. The second-order valence-electron chi connectivity index (χ2n) is 9.91. The molecule has 0 saturated heterocycles. The number of halogens is 2. The van der Waals surface area contributed by atoms with E-state index in [0.717, 1.165) is 24.7 Å². The van der Waals surface area contributed by atoms with Crippen LogP contribution in [0.15, 0.2) is 0 Å². The lowest BCUT2D eigenvalue weighted by Gasteiger charge is -2.47. The highest BCUT2D eigenvalue weighted by Gasteiger charge is 2.46. The molecular weight excluding hydrogens is 302 g/mol. The molecule has 0 aromatic carbocycles. The van der Waals surface area contributed by atoms with E-state index >= 15 is 4.39 Å². The molecule has 0 amide bonds. The minimum Gasteiger partial charge on any atom is -0.247 e. The minimum absolute atomic E-state index is 0.108. The Balaban J connectivity index is 1.61. The van der Waals surface area contributed by atoms with Gasteiger partial charge >= 0.3 is 0 Å². The summed E-state index contributed by atoms with van der Waals surface area (Å²) >= 11 is 0. The fraction of sp³-hybridized carbons (Fsp3) is 1.00. The predicted octanol–water partition coefficient (Wildman–Crippen LogP) is 6.83. The molecule has 0 N–H and O–H groups in total. The summed E-state index contributed by atoms with van der Waals surface area (Å²) in [6.45, 7) is 8.80. The average Bonchev–Trinajstić information content (AvgIpc) is 2.52. The molecule has 24 heavy (non-hydrogen) atoms. The van der Waals surface area contributed by atoms with Crippen molar-refractivity contribution in [2.45, 2.75) is 91.4 Å². The van der Waals surface area contributed by atoms with Gasteiger partial charge in [0.1, 0.15) is 12.3 Å². The van der Waals surface area contributed by atoms with Crippen LogP contribution >= 0.6 is 0 Å². The molecule has 0 radical (unpaired) electrons. The Morgan fingerprint density at radius 3 is 1.75 bits per heavy atom. The third-order valence-corrected chi connectivity index (χ3v) is 8.22. The summed E-state index contributed by atoms with van der Waals surface area (Å²) in [7, 11) is 0. The van der Waals surface area contributed by atoms with Crippen molar-refractivity contribution in [3.8, 4) is 0 Å². The van der Waals surface area contributed by atoms with Gasteiger partial charge in [0.15, 0.2) is 0 Å². The second-order valence-corrected chi connectivity index (χ2v) is 9.91. The topological polar surface area (TPSA) is 0 Å². The van der Waals surface area contributed by atoms with E-state index in [1.165, 1.54) is 32.1 Å². The van der Waals surface area contributed by atoms with Crippen molar-refractivity contribution in [3.05, 3.63) is 0 Å². The van der Waals surface area contributed by atoms with Crippen LogP contribution in [-0.4, -0.2) is 12.3 Å². The Morgan fingerprint density at radius 1 is 0.583 bits per heavy atom. The molecule has 140 valence electrons. The van der Waals surface area contributed by atoms with Crippen molar-refractivity contribution in [2.75, 3.05) is 0 Å². The second kappa shape index (κ2) is 7.62. The molecule has 0 heterocycles. The third-order valence-electron chi connectivity index (χ3n) is 8.22. The van der Waals surface area contributed by atoms with Gasteiger partial charge < -0.3 is 0 Å². The summed E-state index contributed by atoms with van der Waals surface area (Å²) in [6.07, 6.45) is 7.42. The Kier molecular flexibility index (Phi) is 5.92. The van der Waals surface area contributed by atoms with Crippen LogP contribution in [0.5, 0.6) is 0 Å². The number of rotatable bonds is 2. The van der Waals surface area contributed by atoms with Gasteiger partial charge in [-0.15, -0.1) is 0 Å². The maximum absolute atomic E-state index is 15.2. The Bertz CT molecular complexity index is 377. The molecule has 3 rings (SSSR count). The van der Waals surface area contributed by atoms with Gasteiger partial charge in [0, 0.05) is 0 Å². The third kappa shape index (κ3) is 3.83. The zero-order valence-electron chi connectivity index (χ0n) is 16.2. The van der Waals surface area contributed by atoms with Crippen LogP contribution in [0.2, 0.25) is 0 Å². The predicted molar refractivity (Wildman–Crippen MR) is 97.3 cm³/mol. The van der Waals surface area contributed by atoms with Gasteiger partial charge in [0.2, 0.25) is 0 Å². The summed E-state index contributed by atoms with van der Waals surface area (Å²) in [5, 5.41) is 0. The lowest BCUT2D eigenvalue weighted by Crippen LogP contribution is -2.44. The summed E-state index contributed by atoms with van der Waals surface area (Å²) in [5.41, 5.74) is 0. The molecule has 0 aliphatic heterocycles. The van der Waals surface area contributed by atoms with Crippen molar-refractivity contribution >= 4 is 0 Å². The Labute approximate surface area is 148 Å². The van der Waals surface area contributed by atoms with E-state index in [0.29, 0.717) is 24.2 Å². The molecule has 3 saturated carbocycles. The summed E-state index contributed by atoms with van der Waals surface area (Å²) in [4.78, 5) is 0. The van der Waals surface area contributed by atoms with Gasteiger partial charge in [0.25, 0.3) is 0 Å². The molecule has 0 spiro atoms. The maximum Gasteiger partial charge on any atom is 0.104 e. The molecule has 0 aromatic rings. The van der Waals surface area contributed by atoms with Crippen LogP contribution in [0.3, 0.4) is 0 Å². The van der Waals surface area contributed by atoms with Crippen LogP contribution < -0.4 is 0 Å². The highest BCUT2D eigenvalue weighted by molar-refractivity contribution is 4.95. The largest absolute Gasteiger partial charge is 0.247 e. The van der Waals surface area contributed by atoms with Gasteiger partial charge in [-0.2, -0.15) is 0 Å². The lowest BCUT2D eigenvalue weighted by atomic mass is 9.59. The van der Waals surface area contributed by atoms with Crippen molar-refractivity contribution in [1.82, 2.24) is 0 Å². The van der Waals surface area contributed by atoms with E-state index in [9.17, 15) is 4.39 Å². The standard InChI is InChI=1S/C22H38F2/c1-13-5-7-17(8-6-13)18-10-15(3)22(21(24)11-18)19-9-14(2)16(4)20(23)12-19/h13-22H,5-12H2,1-4H3. The molecule has 0 nitrogen and oxygen atoms in total. The zero-order valence-corrected chi connectivity index (χ0v) is 16.2. The molecule has 8 unspecified atom stereocenters. The van der Waals surface area contributed by atoms with Crippen molar-refractivity contribution in [2.24, 2.45) is 47.3 Å². The van der Waals surface area contributed by atoms with Crippen LogP contribution in [0.25, 0.3) is 0 Å². The summed E-state index contributed by atoms with van der Waals surface area (Å²) in [5.74, 6) is 3.55. The smallest absolute Gasteiger partial charge is 0.104 e. The van der Waals surface area contributed by atoms with Crippen LogP contribution in [0, 0.1) is 47.3 Å². The van der Waals surface area contributed by atoms with Crippen molar-refractivity contribution < 1.29 is 8.78 Å². The SMILES string of the molecule is CC1CCC(C2CC(C)C(C3CC(C)C(C)C(F)C3)C(F)C2)CC1. The highest BCUT2D eigenvalue weighted by Crippen LogP contribution is 2.50. The van der Waals surface area contributed by atoms with Crippen LogP contribution in [0.4, 0.5) is 8.78 Å². The molecule has 2 heteroatoms. The average molecular weight is 341 g/mol. The zero-order chi connectivity index (χ0) is 17.4. The van der Waals surface area contributed by atoms with Gasteiger partial charge in [-0.3, -0.25) is 0 Å². The molecule has 8 atom stereocenters. The van der Waals surface area contributed by atoms with E-state index in [2.05, 4.69) is 20.8 Å². The summed E-state index contributed by atoms with van der Waals surface area (Å²) in [6, 6.07) is 0. The van der Waals surface area contributed by atoms with Gasteiger partial charge in [-0.25, -0.2) is 8.78 Å². The Morgan fingerprint density at radius 2 is 1.17 bits per heavy atom. The van der Waals surface area contributed by atoms with E-state index in [-0.39, 0.29) is 17.8 Å². The fourth-order valence-electron chi connectivity index (χ4n) is 6.40. The summed E-state index contributed by atoms with van der Waals surface area (Å²) < 4.78 is 29.6. The van der Waals surface area contributed by atoms with Crippen LogP contribution in [0.1, 0.15) is 79.1 Å². The first-order chi connectivity index (χ1) is 11.4. The molecule has 3 fully saturated rings. The monoisotopic (exact) mass is 340 g/mol. The first-order valence-electron chi connectivity index (χ1n) is 10.6. The molecular formula is C22H38F2. The normalized spacial score (nSPS) is 53.8. The van der Waals surface area contributed by atoms with E-state index in [4.69, 9.17) is 0 Å². The first-order valence-corrected chi connectivity index (χ1v) is 10.6. The van der Waals surface area contributed by atoms with Crippen molar-refractivity contribution in [3.63, 3.8) is 0 Å². The minimum atomic E-state index is -0.726. The number of alkyl halides is 2. The van der Waals surface area contributed by atoms with Crippen molar-refractivity contribution in [1.29, 1.82) is 0 Å². The Hall–Kier alpha value is -0.140. The van der Waals surface area contributed by atoms with Gasteiger partial charge in [0.05, 0.1) is 0 Å². The lowest BCUT2D eigenvalue weighted by molar-refractivity contribution is -0.0280. The van der Waals surface area contributed by atoms with E-state index in [1.807, 2.05) is 6.92 Å². The van der Waals surface area contributed by atoms with Gasteiger partial charge in [-0.1, -0.05) is 40.5 Å². The van der Waals surface area contributed by atoms with Gasteiger partial charge in [-0.05, 0) is 85.9 Å². The molecule has 0 bridgehead atoms. The number of hydrogen-bond donors (Lipinski definition) is 0. The molecule has 0 aromatic heterocycles. The molecule has 3 aliphatic rings. The molecule has 3 aliphatic carbocycles. The quantitative estimate of drug-likeness (QED) is 0.516. The first kappa shape index (κ1) is 18.6. The fourth-order valence-corrected chi connectivity index (χ4v) is 6.40. The van der Waals surface area contributed by atoms with E-state index < -0.39 is 12.3 Å². The van der Waals surface area contributed by atoms with Crippen LogP contribution in [-0.2, 0) is 0 Å².